The molecule has 1 fully saturated rings. The van der Waals surface area contributed by atoms with Gasteiger partial charge in [0, 0.05) is 7.05 Å². The molecular formula is C7H16N4O2. The van der Waals surface area contributed by atoms with Crippen LogP contribution >= 0.6 is 0 Å². The molecule has 0 aromatic carbocycles. The number of hydrazine groups is 1. The Labute approximate surface area is 77.0 Å². The molecule has 6 heteroatoms. The van der Waals surface area contributed by atoms with Crippen LogP contribution < -0.4 is 16.5 Å². The monoisotopic (exact) mass is 188 g/mol. The Hall–Kier alpha value is -0.690. The zero-order valence-electron chi connectivity index (χ0n) is 7.66. The molecule has 0 spiro atoms. The molecule has 6 nitrogen and oxygen atoms in total. The molecular weight excluding hydrogens is 172 g/mol. The third-order valence-electron chi connectivity index (χ3n) is 2.00. The number of carboxylic acid groups (broad SMARTS) is 1. The van der Waals surface area contributed by atoms with Crippen LogP contribution in [0.1, 0.15) is 12.8 Å². The van der Waals surface area contributed by atoms with E-state index in [0.29, 0.717) is 13.0 Å². The minimum atomic E-state index is -0.824. The number of rotatable bonds is 6. The lowest BCUT2D eigenvalue weighted by Crippen LogP contribution is -2.40. The summed E-state index contributed by atoms with van der Waals surface area (Å²) < 4.78 is 0. The summed E-state index contributed by atoms with van der Waals surface area (Å²) >= 11 is 0. The predicted molar refractivity (Wildman–Crippen MR) is 47.5 cm³/mol. The maximum atomic E-state index is 10.7. The van der Waals surface area contributed by atoms with Crippen molar-refractivity contribution in [3.8, 4) is 0 Å². The Morgan fingerprint density at radius 1 is 1.85 bits per heavy atom. The second-order valence-electron chi connectivity index (χ2n) is 3.13. The lowest BCUT2D eigenvalue weighted by molar-refractivity contribution is -0.139. The van der Waals surface area contributed by atoms with Crippen molar-refractivity contribution in [1.82, 2.24) is 15.8 Å². The van der Waals surface area contributed by atoms with Gasteiger partial charge in [-0.3, -0.25) is 10.1 Å². The van der Waals surface area contributed by atoms with Crippen molar-refractivity contribution in [3.63, 3.8) is 0 Å². The first-order valence-corrected chi connectivity index (χ1v) is 4.33. The summed E-state index contributed by atoms with van der Waals surface area (Å²) in [6, 6.07) is -0.508. The molecule has 1 heterocycles. The molecule has 1 rings (SSSR count). The molecule has 0 aromatic heterocycles. The van der Waals surface area contributed by atoms with Crippen LogP contribution in [-0.4, -0.2) is 42.0 Å². The van der Waals surface area contributed by atoms with Crippen LogP contribution in [0.15, 0.2) is 0 Å². The number of nitrogens with zero attached hydrogens (tertiary/aromatic N) is 1. The highest BCUT2D eigenvalue weighted by molar-refractivity contribution is 5.73. The average Bonchev–Trinajstić information content (AvgIpc) is 2.75. The minimum absolute atomic E-state index is 0.00104. The van der Waals surface area contributed by atoms with Crippen LogP contribution in [0.3, 0.4) is 0 Å². The standard InChI is InChI=1S/C7H16N4O2/c1-11-7(10-11)9-5(6(12)13)3-2-4-8/h5,7,9-10H,2-4,8H2,1H3,(H,12,13)/t5-,7?,11?/m0/s1. The zero-order valence-corrected chi connectivity index (χ0v) is 7.66. The summed E-state index contributed by atoms with van der Waals surface area (Å²) in [7, 11) is 1.85. The number of aliphatic carboxylic acids is 1. The van der Waals surface area contributed by atoms with Gasteiger partial charge < -0.3 is 10.8 Å². The molecule has 2 unspecified atom stereocenters. The lowest BCUT2D eigenvalue weighted by atomic mass is 10.1. The van der Waals surface area contributed by atoms with Gasteiger partial charge in [0.05, 0.1) is 0 Å². The summed E-state index contributed by atoms with van der Waals surface area (Å²) in [5.41, 5.74) is 8.22. The highest BCUT2D eigenvalue weighted by atomic mass is 16.4. The molecule has 0 bridgehead atoms. The fourth-order valence-electron chi connectivity index (χ4n) is 1.10. The van der Waals surface area contributed by atoms with E-state index in [9.17, 15) is 4.79 Å². The minimum Gasteiger partial charge on any atom is -0.480 e. The highest BCUT2D eigenvalue weighted by Crippen LogP contribution is 2.05. The van der Waals surface area contributed by atoms with E-state index in [0.717, 1.165) is 6.42 Å². The van der Waals surface area contributed by atoms with Crippen molar-refractivity contribution in [2.75, 3.05) is 13.6 Å². The molecule has 76 valence electrons. The first-order chi connectivity index (χ1) is 6.15. The Morgan fingerprint density at radius 2 is 2.46 bits per heavy atom. The maximum Gasteiger partial charge on any atom is 0.320 e. The van der Waals surface area contributed by atoms with Gasteiger partial charge in [-0.25, -0.2) is 10.4 Å². The summed E-state index contributed by atoms with van der Waals surface area (Å²) in [6.45, 7) is 0.527. The van der Waals surface area contributed by atoms with Crippen molar-refractivity contribution in [1.29, 1.82) is 0 Å². The quantitative estimate of drug-likeness (QED) is 0.379. The van der Waals surface area contributed by atoms with Gasteiger partial charge in [0.2, 0.25) is 0 Å². The molecule has 1 saturated heterocycles. The number of hydrogen-bond acceptors (Lipinski definition) is 5. The molecule has 0 radical (unpaired) electrons. The Morgan fingerprint density at radius 3 is 2.85 bits per heavy atom. The Balaban J connectivity index is 2.25. The van der Waals surface area contributed by atoms with Crippen molar-refractivity contribution >= 4 is 5.97 Å². The summed E-state index contributed by atoms with van der Waals surface area (Å²) in [6.07, 6.45) is 1.29. The number of hydrogen-bond donors (Lipinski definition) is 4. The molecule has 0 aliphatic carbocycles. The van der Waals surface area contributed by atoms with Crippen LogP contribution in [0.4, 0.5) is 0 Å². The van der Waals surface area contributed by atoms with Crippen LogP contribution in [-0.2, 0) is 4.79 Å². The van der Waals surface area contributed by atoms with Gasteiger partial charge >= 0.3 is 5.97 Å². The number of nitrogens with two attached hydrogens (primary N) is 1. The largest absolute Gasteiger partial charge is 0.480 e. The second kappa shape index (κ2) is 4.52. The topological polar surface area (TPSA) is 100 Å². The average molecular weight is 188 g/mol. The van der Waals surface area contributed by atoms with Crippen molar-refractivity contribution < 1.29 is 9.90 Å². The first kappa shape index (κ1) is 10.4. The van der Waals surface area contributed by atoms with Gasteiger partial charge in [0.25, 0.3) is 0 Å². The molecule has 13 heavy (non-hydrogen) atoms. The summed E-state index contributed by atoms with van der Waals surface area (Å²) in [5, 5.41) is 13.6. The Bertz CT molecular complexity index is 187. The van der Waals surface area contributed by atoms with Gasteiger partial charge in [0.1, 0.15) is 12.3 Å². The summed E-state index contributed by atoms with van der Waals surface area (Å²) in [5.74, 6) is -0.824. The van der Waals surface area contributed by atoms with E-state index in [1.807, 2.05) is 7.05 Å². The third-order valence-corrected chi connectivity index (χ3v) is 2.00. The van der Waals surface area contributed by atoms with E-state index in [1.165, 1.54) is 0 Å². The fourth-order valence-corrected chi connectivity index (χ4v) is 1.10. The number of nitrogens with one attached hydrogen (secondary N) is 2. The molecule has 0 aromatic rings. The van der Waals surface area contributed by atoms with Crippen LogP contribution in [0.2, 0.25) is 0 Å². The van der Waals surface area contributed by atoms with Gasteiger partial charge in [-0.2, -0.15) is 0 Å². The zero-order chi connectivity index (χ0) is 9.84. The highest BCUT2D eigenvalue weighted by Gasteiger charge is 2.32. The molecule has 1 aliphatic rings. The van der Waals surface area contributed by atoms with E-state index < -0.39 is 12.0 Å². The Kier molecular flexibility index (Phi) is 3.61. The van der Waals surface area contributed by atoms with E-state index in [2.05, 4.69) is 10.7 Å². The second-order valence-corrected chi connectivity index (χ2v) is 3.13. The third kappa shape index (κ3) is 3.27. The van der Waals surface area contributed by atoms with Crippen molar-refractivity contribution in [3.05, 3.63) is 0 Å². The summed E-state index contributed by atoms with van der Waals surface area (Å²) in [4.78, 5) is 10.7. The first-order valence-electron chi connectivity index (χ1n) is 4.33. The molecule has 0 saturated carbocycles. The molecule has 0 amide bonds. The fraction of sp³-hybridized carbons (Fsp3) is 0.857. The van der Waals surface area contributed by atoms with Gasteiger partial charge in [-0.15, -0.1) is 0 Å². The molecule has 1 aliphatic heterocycles. The van der Waals surface area contributed by atoms with E-state index >= 15 is 0 Å². The smallest absolute Gasteiger partial charge is 0.320 e. The normalized spacial score (nSPS) is 28.5. The maximum absolute atomic E-state index is 10.7. The van der Waals surface area contributed by atoms with E-state index in [1.54, 1.807) is 5.01 Å². The molecule has 3 atom stereocenters. The number of carboxylic acids is 1. The van der Waals surface area contributed by atoms with Crippen LogP contribution in [0.25, 0.3) is 0 Å². The van der Waals surface area contributed by atoms with Crippen molar-refractivity contribution in [2.24, 2.45) is 5.73 Å². The van der Waals surface area contributed by atoms with Gasteiger partial charge in [-0.05, 0) is 19.4 Å². The van der Waals surface area contributed by atoms with Crippen LogP contribution in [0, 0.1) is 0 Å². The molecule has 5 N–H and O–H groups in total. The SMILES string of the molecule is CN1NC1N[C@@H](CCCN)C(=O)O. The van der Waals surface area contributed by atoms with E-state index in [-0.39, 0.29) is 6.29 Å². The van der Waals surface area contributed by atoms with E-state index in [4.69, 9.17) is 10.8 Å². The predicted octanol–water partition coefficient (Wildman–Crippen LogP) is -1.50. The lowest BCUT2D eigenvalue weighted by Gasteiger charge is -2.11. The van der Waals surface area contributed by atoms with Crippen molar-refractivity contribution in [2.45, 2.75) is 25.2 Å². The van der Waals surface area contributed by atoms with Gasteiger partial charge in [-0.1, -0.05) is 0 Å². The van der Waals surface area contributed by atoms with Crippen LogP contribution in [0.5, 0.6) is 0 Å². The van der Waals surface area contributed by atoms with Gasteiger partial charge in [0.15, 0.2) is 0 Å². The number of carbonyl (C=O) groups is 1.